The Morgan fingerprint density at radius 1 is 1.37 bits per heavy atom. The highest BCUT2D eigenvalue weighted by atomic mass is 16.5. The highest BCUT2D eigenvalue weighted by Gasteiger charge is 2.42. The van der Waals surface area contributed by atoms with Gasteiger partial charge in [0.15, 0.2) is 0 Å². The van der Waals surface area contributed by atoms with Crippen molar-refractivity contribution in [3.8, 4) is 0 Å². The van der Waals surface area contributed by atoms with Crippen LogP contribution in [0.3, 0.4) is 0 Å². The molecule has 0 bridgehead atoms. The predicted molar refractivity (Wildman–Crippen MR) is 76.9 cm³/mol. The first-order valence-corrected chi connectivity index (χ1v) is 7.43. The molecule has 2 heterocycles. The summed E-state index contributed by atoms with van der Waals surface area (Å²) in [5, 5.41) is 8.27. The van der Waals surface area contributed by atoms with Gasteiger partial charge >= 0.3 is 0 Å². The third-order valence-corrected chi connectivity index (χ3v) is 4.37. The van der Waals surface area contributed by atoms with Gasteiger partial charge in [-0.1, -0.05) is 13.8 Å². The molecule has 4 heteroatoms. The summed E-state index contributed by atoms with van der Waals surface area (Å²) in [5.41, 5.74) is 1.14. The van der Waals surface area contributed by atoms with Crippen molar-refractivity contribution < 1.29 is 4.74 Å². The smallest absolute Gasteiger partial charge is 0.0797 e. The molecule has 4 nitrogen and oxygen atoms in total. The van der Waals surface area contributed by atoms with E-state index in [2.05, 4.69) is 44.2 Å². The lowest BCUT2D eigenvalue weighted by molar-refractivity contribution is 0.0473. The van der Waals surface area contributed by atoms with Crippen LogP contribution in [0, 0.1) is 11.8 Å². The Morgan fingerprint density at radius 2 is 2.11 bits per heavy atom. The Hall–Kier alpha value is -0.870. The van der Waals surface area contributed by atoms with Crippen molar-refractivity contribution >= 4 is 0 Å². The summed E-state index contributed by atoms with van der Waals surface area (Å²) in [6, 6.07) is 2.41. The number of aromatic nitrogens is 2. The van der Waals surface area contributed by atoms with Gasteiger partial charge in [-0.25, -0.2) is 0 Å². The van der Waals surface area contributed by atoms with Gasteiger partial charge in [0.05, 0.1) is 23.9 Å². The van der Waals surface area contributed by atoms with E-state index in [9.17, 15) is 0 Å². The minimum Gasteiger partial charge on any atom is -0.375 e. The second-order valence-electron chi connectivity index (χ2n) is 5.83. The molecule has 1 N–H and O–H groups in total. The highest BCUT2D eigenvalue weighted by Crippen LogP contribution is 2.40. The van der Waals surface area contributed by atoms with Gasteiger partial charge in [0.2, 0.25) is 0 Å². The number of hydrogen-bond acceptors (Lipinski definition) is 3. The molecule has 0 saturated carbocycles. The number of nitrogens with zero attached hydrogens (tertiary/aromatic N) is 2. The summed E-state index contributed by atoms with van der Waals surface area (Å²) < 4.78 is 7.88. The van der Waals surface area contributed by atoms with Gasteiger partial charge < -0.3 is 10.1 Å². The Balaban J connectivity index is 2.22. The average Bonchev–Trinajstić information content (AvgIpc) is 2.88. The van der Waals surface area contributed by atoms with Crippen LogP contribution < -0.4 is 5.32 Å². The molecule has 0 amide bonds. The lowest BCUT2D eigenvalue weighted by atomic mass is 9.82. The fourth-order valence-corrected chi connectivity index (χ4v) is 3.20. The quantitative estimate of drug-likeness (QED) is 0.889. The van der Waals surface area contributed by atoms with Crippen LogP contribution in [-0.4, -0.2) is 28.5 Å². The molecule has 2 rings (SSSR count). The van der Waals surface area contributed by atoms with Crippen LogP contribution in [0.15, 0.2) is 12.3 Å². The fraction of sp³-hybridized carbons (Fsp3) is 0.800. The van der Waals surface area contributed by atoms with E-state index in [1.54, 1.807) is 0 Å². The van der Waals surface area contributed by atoms with Crippen LogP contribution in [0.2, 0.25) is 0 Å². The van der Waals surface area contributed by atoms with E-state index in [1.165, 1.54) is 0 Å². The molecule has 0 aromatic carbocycles. The van der Waals surface area contributed by atoms with Crippen molar-refractivity contribution in [2.24, 2.45) is 18.9 Å². The Kier molecular flexibility index (Phi) is 4.63. The molecular weight excluding hydrogens is 238 g/mol. The first-order valence-electron chi connectivity index (χ1n) is 7.43. The summed E-state index contributed by atoms with van der Waals surface area (Å²) in [7, 11) is 1.97. The molecule has 108 valence electrons. The molecule has 1 fully saturated rings. The van der Waals surface area contributed by atoms with E-state index >= 15 is 0 Å². The first kappa shape index (κ1) is 14.5. The molecule has 0 radical (unpaired) electrons. The summed E-state index contributed by atoms with van der Waals surface area (Å²) in [4.78, 5) is 0. The number of aryl methyl sites for hydroxylation is 1. The van der Waals surface area contributed by atoms with Crippen molar-refractivity contribution in [2.75, 3.05) is 6.54 Å². The van der Waals surface area contributed by atoms with Crippen LogP contribution in [0.25, 0.3) is 0 Å². The fourth-order valence-electron chi connectivity index (χ4n) is 3.20. The Bertz CT molecular complexity index is 404. The van der Waals surface area contributed by atoms with Crippen molar-refractivity contribution in [3.05, 3.63) is 18.0 Å². The lowest BCUT2D eigenvalue weighted by Gasteiger charge is -2.28. The van der Waals surface area contributed by atoms with Gasteiger partial charge in [-0.2, -0.15) is 5.10 Å². The van der Waals surface area contributed by atoms with E-state index in [0.29, 0.717) is 17.9 Å². The van der Waals surface area contributed by atoms with Crippen molar-refractivity contribution in [3.63, 3.8) is 0 Å². The van der Waals surface area contributed by atoms with Crippen molar-refractivity contribution in [1.29, 1.82) is 0 Å². The average molecular weight is 265 g/mol. The maximum absolute atomic E-state index is 6.00. The Morgan fingerprint density at radius 3 is 2.58 bits per heavy atom. The van der Waals surface area contributed by atoms with Crippen molar-refractivity contribution in [2.45, 2.75) is 52.4 Å². The largest absolute Gasteiger partial charge is 0.375 e. The van der Waals surface area contributed by atoms with E-state index < -0.39 is 0 Å². The molecule has 1 saturated heterocycles. The molecule has 5 atom stereocenters. The predicted octanol–water partition coefficient (Wildman–Crippen LogP) is 2.52. The molecule has 1 aromatic rings. The zero-order valence-electron chi connectivity index (χ0n) is 12.8. The molecule has 1 aliphatic rings. The molecule has 5 unspecified atom stereocenters. The van der Waals surface area contributed by atoms with Gasteiger partial charge in [0.1, 0.15) is 0 Å². The molecule has 0 aliphatic carbocycles. The maximum atomic E-state index is 6.00. The highest BCUT2D eigenvalue weighted by molar-refractivity contribution is 5.10. The maximum Gasteiger partial charge on any atom is 0.0797 e. The topological polar surface area (TPSA) is 39.1 Å². The summed E-state index contributed by atoms with van der Waals surface area (Å²) in [6.45, 7) is 9.88. The second kappa shape index (κ2) is 6.06. The van der Waals surface area contributed by atoms with E-state index in [1.807, 2.05) is 17.9 Å². The van der Waals surface area contributed by atoms with Gasteiger partial charge in [-0.05, 0) is 38.8 Å². The molecule has 1 aromatic heterocycles. The van der Waals surface area contributed by atoms with Crippen LogP contribution >= 0.6 is 0 Å². The van der Waals surface area contributed by atoms with E-state index in [0.717, 1.165) is 18.7 Å². The number of rotatable bonds is 5. The number of ether oxygens (including phenoxy) is 1. The van der Waals surface area contributed by atoms with Gasteiger partial charge in [-0.3, -0.25) is 4.68 Å². The molecular formula is C15H27N3O. The third-order valence-electron chi connectivity index (χ3n) is 4.37. The summed E-state index contributed by atoms with van der Waals surface area (Å²) in [6.07, 6.45) is 3.76. The third kappa shape index (κ3) is 3.00. The SMILES string of the molecule is CCCNC(c1ccn(C)n1)C1C(C)OC(C)C1C. The zero-order valence-corrected chi connectivity index (χ0v) is 12.8. The Labute approximate surface area is 116 Å². The van der Waals surface area contributed by atoms with Gasteiger partial charge in [0.25, 0.3) is 0 Å². The van der Waals surface area contributed by atoms with E-state index in [4.69, 9.17) is 4.74 Å². The minimum absolute atomic E-state index is 0.279. The van der Waals surface area contributed by atoms with Crippen LogP contribution in [0.4, 0.5) is 0 Å². The van der Waals surface area contributed by atoms with Crippen molar-refractivity contribution in [1.82, 2.24) is 15.1 Å². The monoisotopic (exact) mass is 265 g/mol. The molecule has 1 aliphatic heterocycles. The van der Waals surface area contributed by atoms with Crippen LogP contribution in [0.1, 0.15) is 45.9 Å². The standard InChI is InChI=1S/C15H27N3O/c1-6-8-16-15(13-7-9-18(5)17-13)14-10(2)11(3)19-12(14)4/h7,9-12,14-16H,6,8H2,1-5H3. The zero-order chi connectivity index (χ0) is 14.0. The number of hydrogen-bond donors (Lipinski definition) is 1. The summed E-state index contributed by atoms with van der Waals surface area (Å²) >= 11 is 0. The molecule has 0 spiro atoms. The lowest BCUT2D eigenvalue weighted by Crippen LogP contribution is -2.35. The summed E-state index contributed by atoms with van der Waals surface area (Å²) in [5.74, 6) is 1.03. The van der Waals surface area contributed by atoms with Crippen LogP contribution in [-0.2, 0) is 11.8 Å². The second-order valence-corrected chi connectivity index (χ2v) is 5.83. The minimum atomic E-state index is 0.279. The first-order chi connectivity index (χ1) is 9.04. The van der Waals surface area contributed by atoms with E-state index in [-0.39, 0.29) is 12.1 Å². The normalized spacial score (nSPS) is 32.7. The van der Waals surface area contributed by atoms with Gasteiger partial charge in [0, 0.05) is 19.2 Å². The van der Waals surface area contributed by atoms with Crippen LogP contribution in [0.5, 0.6) is 0 Å². The molecule has 19 heavy (non-hydrogen) atoms. The number of nitrogens with one attached hydrogen (secondary N) is 1. The van der Waals surface area contributed by atoms with Gasteiger partial charge in [-0.15, -0.1) is 0 Å².